The molecular weight excluding hydrogens is 238 g/mol. The maximum Gasteiger partial charge on any atom is 0.121 e. The zero-order valence-electron chi connectivity index (χ0n) is 11.4. The molecule has 0 saturated carbocycles. The van der Waals surface area contributed by atoms with E-state index in [0.29, 0.717) is 6.04 Å². The molecule has 0 unspecified atom stereocenters. The van der Waals surface area contributed by atoms with Crippen LogP contribution in [-0.4, -0.2) is 39.2 Å². The first-order valence-electron chi connectivity index (χ1n) is 7.06. The number of nitrogens with zero attached hydrogens (tertiary/aromatic N) is 2. The highest BCUT2D eigenvalue weighted by Crippen LogP contribution is 2.20. The molecule has 0 amide bonds. The van der Waals surface area contributed by atoms with Crippen LogP contribution in [0.15, 0.2) is 18.2 Å². The Morgan fingerprint density at radius 2 is 2.32 bits per heavy atom. The van der Waals surface area contributed by atoms with Crippen molar-refractivity contribution in [1.82, 2.24) is 14.9 Å². The molecule has 0 bridgehead atoms. The lowest BCUT2D eigenvalue weighted by Crippen LogP contribution is -2.41. The minimum Gasteiger partial charge on any atom is -0.395 e. The first-order valence-corrected chi connectivity index (χ1v) is 7.06. The summed E-state index contributed by atoms with van der Waals surface area (Å²) in [6.07, 6.45) is 3.53. The van der Waals surface area contributed by atoms with E-state index in [1.165, 1.54) is 18.4 Å². The summed E-state index contributed by atoms with van der Waals surface area (Å²) in [6, 6.07) is 6.57. The third-order valence-corrected chi connectivity index (χ3v) is 4.00. The van der Waals surface area contributed by atoms with Gasteiger partial charge in [-0.2, -0.15) is 0 Å². The highest BCUT2D eigenvalue weighted by Gasteiger charge is 2.22. The van der Waals surface area contributed by atoms with Crippen LogP contribution in [-0.2, 0) is 6.54 Å². The molecule has 2 aromatic rings. The Morgan fingerprint density at radius 1 is 1.42 bits per heavy atom. The molecule has 0 radical (unpaired) electrons. The molecule has 1 aliphatic heterocycles. The van der Waals surface area contributed by atoms with E-state index in [4.69, 9.17) is 0 Å². The van der Waals surface area contributed by atoms with E-state index in [9.17, 15) is 5.11 Å². The van der Waals surface area contributed by atoms with Crippen molar-refractivity contribution in [3.63, 3.8) is 0 Å². The smallest absolute Gasteiger partial charge is 0.121 e. The van der Waals surface area contributed by atoms with Crippen LogP contribution in [0.4, 0.5) is 0 Å². The van der Waals surface area contributed by atoms with Gasteiger partial charge in [-0.1, -0.05) is 12.5 Å². The van der Waals surface area contributed by atoms with E-state index >= 15 is 0 Å². The number of aliphatic hydroxyl groups is 1. The van der Waals surface area contributed by atoms with Gasteiger partial charge in [0.1, 0.15) is 5.82 Å². The number of H-pyrrole nitrogens is 1. The Morgan fingerprint density at radius 3 is 3.16 bits per heavy atom. The van der Waals surface area contributed by atoms with Crippen LogP contribution in [0.5, 0.6) is 0 Å². The molecule has 4 heteroatoms. The van der Waals surface area contributed by atoms with Crippen LogP contribution in [0.3, 0.4) is 0 Å². The molecule has 0 aliphatic carbocycles. The third kappa shape index (κ3) is 2.65. The largest absolute Gasteiger partial charge is 0.395 e. The van der Waals surface area contributed by atoms with Crippen LogP contribution >= 0.6 is 0 Å². The fourth-order valence-electron chi connectivity index (χ4n) is 2.92. The lowest BCUT2D eigenvalue weighted by Gasteiger charge is -2.33. The monoisotopic (exact) mass is 259 g/mol. The van der Waals surface area contributed by atoms with Gasteiger partial charge in [0.05, 0.1) is 24.2 Å². The molecule has 1 atom stereocenters. The second-order valence-electron chi connectivity index (χ2n) is 5.51. The Labute approximate surface area is 113 Å². The maximum absolute atomic E-state index is 9.44. The number of aromatic nitrogens is 2. The number of benzene rings is 1. The van der Waals surface area contributed by atoms with Gasteiger partial charge in [-0.3, -0.25) is 4.90 Å². The van der Waals surface area contributed by atoms with Gasteiger partial charge in [0.25, 0.3) is 0 Å². The minimum absolute atomic E-state index is 0.249. The van der Waals surface area contributed by atoms with Crippen molar-refractivity contribution in [2.24, 2.45) is 0 Å². The second kappa shape index (κ2) is 5.31. The molecule has 1 saturated heterocycles. The Bertz CT molecular complexity index is 564. The van der Waals surface area contributed by atoms with Gasteiger partial charge in [0.15, 0.2) is 0 Å². The van der Waals surface area contributed by atoms with Crippen molar-refractivity contribution < 1.29 is 5.11 Å². The number of likely N-dealkylation sites (tertiary alicyclic amines) is 1. The van der Waals surface area contributed by atoms with Crippen LogP contribution in [0.25, 0.3) is 11.0 Å². The van der Waals surface area contributed by atoms with Crippen molar-refractivity contribution in [3.8, 4) is 0 Å². The van der Waals surface area contributed by atoms with Gasteiger partial charge >= 0.3 is 0 Å². The van der Waals surface area contributed by atoms with E-state index in [1.54, 1.807) is 0 Å². The van der Waals surface area contributed by atoms with Gasteiger partial charge in [0.2, 0.25) is 0 Å². The summed E-state index contributed by atoms with van der Waals surface area (Å²) in [5.74, 6) is 1.00. The topological polar surface area (TPSA) is 52.1 Å². The number of aryl methyl sites for hydroxylation is 1. The summed E-state index contributed by atoms with van der Waals surface area (Å²) in [4.78, 5) is 10.4. The van der Waals surface area contributed by atoms with E-state index in [-0.39, 0.29) is 6.61 Å². The molecular formula is C15H21N3O. The number of imidazole rings is 1. The molecule has 1 aromatic carbocycles. The average molecular weight is 259 g/mol. The number of piperidine rings is 1. The molecule has 102 valence electrons. The molecule has 2 N–H and O–H groups in total. The van der Waals surface area contributed by atoms with Gasteiger partial charge < -0.3 is 10.1 Å². The van der Waals surface area contributed by atoms with E-state index in [1.807, 2.05) is 0 Å². The SMILES string of the molecule is Cc1ccc2nc(CN3CCCC[C@@H]3CO)[nH]c2c1. The van der Waals surface area contributed by atoms with Gasteiger partial charge in [0, 0.05) is 6.04 Å². The van der Waals surface area contributed by atoms with Crippen LogP contribution in [0.2, 0.25) is 0 Å². The Kier molecular flexibility index (Phi) is 3.53. The lowest BCUT2D eigenvalue weighted by atomic mass is 10.0. The third-order valence-electron chi connectivity index (χ3n) is 4.00. The summed E-state index contributed by atoms with van der Waals surface area (Å²) in [7, 11) is 0. The van der Waals surface area contributed by atoms with E-state index < -0.39 is 0 Å². The number of rotatable bonds is 3. The van der Waals surface area contributed by atoms with Crippen molar-refractivity contribution >= 4 is 11.0 Å². The first-order chi connectivity index (χ1) is 9.26. The molecule has 1 aromatic heterocycles. The fraction of sp³-hybridized carbons (Fsp3) is 0.533. The van der Waals surface area contributed by atoms with Crippen LogP contribution < -0.4 is 0 Å². The predicted octanol–water partition coefficient (Wildman–Crippen LogP) is 2.22. The number of aliphatic hydroxyl groups excluding tert-OH is 1. The molecule has 4 nitrogen and oxygen atoms in total. The quantitative estimate of drug-likeness (QED) is 0.888. The van der Waals surface area contributed by atoms with Gasteiger partial charge in [-0.25, -0.2) is 4.98 Å². The number of hydrogen-bond donors (Lipinski definition) is 2. The maximum atomic E-state index is 9.44. The first kappa shape index (κ1) is 12.6. The Hall–Kier alpha value is -1.39. The Balaban J connectivity index is 1.80. The molecule has 2 heterocycles. The average Bonchev–Trinajstić information content (AvgIpc) is 2.80. The van der Waals surface area contributed by atoms with Gasteiger partial charge in [-0.05, 0) is 44.0 Å². The van der Waals surface area contributed by atoms with Crippen molar-refractivity contribution in [1.29, 1.82) is 0 Å². The molecule has 3 rings (SSSR count). The standard InChI is InChI=1S/C15H21N3O/c1-11-5-6-13-14(8-11)17-15(16-13)9-18-7-3-2-4-12(18)10-19/h5-6,8,12,19H,2-4,7,9-10H2,1H3,(H,16,17)/t12-/m1/s1. The predicted molar refractivity (Wildman–Crippen MR) is 76.0 cm³/mol. The summed E-state index contributed by atoms with van der Waals surface area (Å²) in [6.45, 7) is 4.20. The number of hydrogen-bond acceptors (Lipinski definition) is 3. The number of fused-ring (bicyclic) bond motifs is 1. The fourth-order valence-corrected chi connectivity index (χ4v) is 2.92. The van der Waals surface area contributed by atoms with E-state index in [0.717, 1.165) is 36.4 Å². The molecule has 0 spiro atoms. The highest BCUT2D eigenvalue weighted by atomic mass is 16.3. The molecule has 1 aliphatic rings. The summed E-state index contributed by atoms with van der Waals surface area (Å²) in [5.41, 5.74) is 3.37. The second-order valence-corrected chi connectivity index (χ2v) is 5.51. The lowest BCUT2D eigenvalue weighted by molar-refractivity contribution is 0.0822. The summed E-state index contributed by atoms with van der Waals surface area (Å²) in [5, 5.41) is 9.44. The van der Waals surface area contributed by atoms with Crippen molar-refractivity contribution in [2.45, 2.75) is 38.8 Å². The van der Waals surface area contributed by atoms with Crippen LogP contribution in [0.1, 0.15) is 30.7 Å². The van der Waals surface area contributed by atoms with Gasteiger partial charge in [-0.15, -0.1) is 0 Å². The number of aromatic amines is 1. The number of nitrogens with one attached hydrogen (secondary N) is 1. The minimum atomic E-state index is 0.249. The van der Waals surface area contributed by atoms with Crippen LogP contribution in [0, 0.1) is 6.92 Å². The van der Waals surface area contributed by atoms with E-state index in [2.05, 4.69) is 40.0 Å². The summed E-state index contributed by atoms with van der Waals surface area (Å²) < 4.78 is 0. The molecule has 1 fully saturated rings. The van der Waals surface area contributed by atoms with Crippen molar-refractivity contribution in [3.05, 3.63) is 29.6 Å². The normalized spacial score (nSPS) is 21.1. The molecule has 19 heavy (non-hydrogen) atoms. The zero-order chi connectivity index (χ0) is 13.2. The highest BCUT2D eigenvalue weighted by molar-refractivity contribution is 5.75. The van der Waals surface area contributed by atoms with Crippen molar-refractivity contribution in [2.75, 3.05) is 13.2 Å². The zero-order valence-corrected chi connectivity index (χ0v) is 11.4. The summed E-state index contributed by atoms with van der Waals surface area (Å²) >= 11 is 0.